The van der Waals surface area contributed by atoms with Crippen LogP contribution in [0, 0.1) is 0 Å². The first-order valence-corrected chi connectivity index (χ1v) is 7.17. The number of rotatable bonds is 4. The van der Waals surface area contributed by atoms with Gasteiger partial charge in [0.1, 0.15) is 0 Å². The third-order valence-corrected chi connectivity index (χ3v) is 3.88. The summed E-state index contributed by atoms with van der Waals surface area (Å²) in [6.45, 7) is 4.50. The minimum absolute atomic E-state index is 0.438. The Hall–Kier alpha value is -1.49. The van der Waals surface area contributed by atoms with Gasteiger partial charge < -0.3 is 10.1 Å². The maximum absolute atomic E-state index is 5.59. The van der Waals surface area contributed by atoms with Gasteiger partial charge in [-0.05, 0) is 18.7 Å². The fourth-order valence-corrected chi connectivity index (χ4v) is 2.83. The molecule has 1 aromatic heterocycles. The van der Waals surface area contributed by atoms with Crippen molar-refractivity contribution in [3.05, 3.63) is 42.1 Å². The fourth-order valence-electron chi connectivity index (χ4n) is 2.83. The van der Waals surface area contributed by atoms with Crippen LogP contribution in [0.25, 0.3) is 10.9 Å². The van der Waals surface area contributed by atoms with Crippen LogP contribution < -0.4 is 5.32 Å². The van der Waals surface area contributed by atoms with Gasteiger partial charge in [0.05, 0.1) is 18.7 Å². The van der Waals surface area contributed by atoms with Crippen molar-refractivity contribution in [1.82, 2.24) is 15.2 Å². The summed E-state index contributed by atoms with van der Waals surface area (Å²) in [5.74, 6) is 0. The highest BCUT2D eigenvalue weighted by Crippen LogP contribution is 2.19. The van der Waals surface area contributed by atoms with Crippen LogP contribution in [-0.4, -0.2) is 49.3 Å². The Morgan fingerprint density at radius 3 is 3.15 bits per heavy atom. The van der Waals surface area contributed by atoms with Crippen LogP contribution in [0.5, 0.6) is 0 Å². The first kappa shape index (κ1) is 13.5. The van der Waals surface area contributed by atoms with E-state index in [1.165, 1.54) is 10.9 Å². The maximum atomic E-state index is 5.59. The molecule has 1 fully saturated rings. The van der Waals surface area contributed by atoms with Gasteiger partial charge in [0.2, 0.25) is 0 Å². The largest absolute Gasteiger partial charge is 0.378 e. The number of morpholine rings is 1. The van der Waals surface area contributed by atoms with Crippen LogP contribution in [0.4, 0.5) is 0 Å². The number of nitrogens with zero attached hydrogens (tertiary/aromatic N) is 2. The number of likely N-dealkylation sites (N-methyl/N-ethyl adjacent to an activating group) is 1. The zero-order valence-electron chi connectivity index (χ0n) is 11.9. The second-order valence-electron chi connectivity index (χ2n) is 5.25. The van der Waals surface area contributed by atoms with Gasteiger partial charge in [-0.3, -0.25) is 9.88 Å². The van der Waals surface area contributed by atoms with E-state index in [1.807, 2.05) is 19.3 Å². The Balaban J connectivity index is 1.84. The molecule has 4 heteroatoms. The number of hydrogen-bond acceptors (Lipinski definition) is 4. The molecule has 106 valence electrons. The molecular weight excluding hydrogens is 250 g/mol. The molecule has 1 unspecified atom stereocenters. The third kappa shape index (κ3) is 2.82. The monoisotopic (exact) mass is 271 g/mol. The van der Waals surface area contributed by atoms with Crippen molar-refractivity contribution >= 4 is 10.9 Å². The molecule has 0 radical (unpaired) electrons. The van der Waals surface area contributed by atoms with Crippen molar-refractivity contribution in [2.75, 3.05) is 33.4 Å². The lowest BCUT2D eigenvalue weighted by molar-refractivity contribution is -0.0101. The second kappa shape index (κ2) is 6.31. The molecule has 1 N–H and O–H groups in total. The van der Waals surface area contributed by atoms with Gasteiger partial charge in [-0.2, -0.15) is 0 Å². The van der Waals surface area contributed by atoms with E-state index in [1.54, 1.807) is 0 Å². The smallest absolute Gasteiger partial charge is 0.0746 e. The van der Waals surface area contributed by atoms with Crippen LogP contribution in [0.15, 0.2) is 36.5 Å². The predicted octanol–water partition coefficient (Wildman–Crippen LogP) is 1.65. The molecule has 20 heavy (non-hydrogen) atoms. The van der Waals surface area contributed by atoms with Gasteiger partial charge in [0.25, 0.3) is 0 Å². The van der Waals surface area contributed by atoms with Gasteiger partial charge in [0.15, 0.2) is 0 Å². The average Bonchev–Trinajstić information content (AvgIpc) is 2.50. The summed E-state index contributed by atoms with van der Waals surface area (Å²) in [7, 11) is 1.99. The van der Waals surface area contributed by atoms with E-state index in [4.69, 9.17) is 4.74 Å². The van der Waals surface area contributed by atoms with Crippen molar-refractivity contribution in [3.63, 3.8) is 0 Å². The molecule has 0 aliphatic carbocycles. The van der Waals surface area contributed by atoms with Gasteiger partial charge in [0, 0.05) is 37.3 Å². The lowest BCUT2D eigenvalue weighted by Gasteiger charge is -2.35. The molecule has 0 amide bonds. The van der Waals surface area contributed by atoms with Crippen molar-refractivity contribution in [2.24, 2.45) is 0 Å². The van der Waals surface area contributed by atoms with E-state index in [0.29, 0.717) is 6.04 Å². The zero-order chi connectivity index (χ0) is 13.8. The molecule has 1 aromatic carbocycles. The first-order chi connectivity index (χ1) is 9.88. The number of aromatic nitrogens is 1. The third-order valence-electron chi connectivity index (χ3n) is 3.88. The van der Waals surface area contributed by atoms with E-state index < -0.39 is 0 Å². The van der Waals surface area contributed by atoms with E-state index in [9.17, 15) is 0 Å². The van der Waals surface area contributed by atoms with Crippen LogP contribution in [-0.2, 0) is 11.3 Å². The molecule has 2 aromatic rings. The number of benzene rings is 1. The van der Waals surface area contributed by atoms with Crippen molar-refractivity contribution in [3.8, 4) is 0 Å². The van der Waals surface area contributed by atoms with Crippen molar-refractivity contribution in [1.29, 1.82) is 0 Å². The number of fused-ring (bicyclic) bond motifs is 1. The van der Waals surface area contributed by atoms with E-state index >= 15 is 0 Å². The summed E-state index contributed by atoms with van der Waals surface area (Å²) in [5.41, 5.74) is 2.41. The summed E-state index contributed by atoms with van der Waals surface area (Å²) >= 11 is 0. The highest BCUT2D eigenvalue weighted by molar-refractivity contribution is 5.81. The number of pyridine rings is 1. The Labute approximate surface area is 119 Å². The lowest BCUT2D eigenvalue weighted by atomic mass is 10.1. The zero-order valence-corrected chi connectivity index (χ0v) is 11.9. The fraction of sp³-hybridized carbons (Fsp3) is 0.438. The summed E-state index contributed by atoms with van der Waals surface area (Å²) in [6.07, 6.45) is 1.87. The van der Waals surface area contributed by atoms with Gasteiger partial charge >= 0.3 is 0 Å². The SMILES string of the molecule is CNCC1COCCN1Cc1cccc2cccnc12. The van der Waals surface area contributed by atoms with Gasteiger partial charge in [-0.1, -0.05) is 24.3 Å². The standard InChI is InChI=1S/C16H21N3O/c1-17-10-15-12-20-9-8-19(15)11-14-5-2-4-13-6-3-7-18-16(13)14/h2-7,15,17H,8-12H2,1H3. The van der Waals surface area contributed by atoms with Crippen LogP contribution in [0.3, 0.4) is 0 Å². The van der Waals surface area contributed by atoms with E-state index in [-0.39, 0.29) is 0 Å². The van der Waals surface area contributed by atoms with Crippen LogP contribution >= 0.6 is 0 Å². The number of nitrogens with one attached hydrogen (secondary N) is 1. The Morgan fingerprint density at radius 1 is 1.35 bits per heavy atom. The van der Waals surface area contributed by atoms with Crippen LogP contribution in [0.1, 0.15) is 5.56 Å². The molecule has 4 nitrogen and oxygen atoms in total. The molecular formula is C16H21N3O. The van der Waals surface area contributed by atoms with E-state index in [0.717, 1.165) is 38.4 Å². The molecule has 2 heterocycles. The van der Waals surface area contributed by atoms with Gasteiger partial charge in [-0.15, -0.1) is 0 Å². The van der Waals surface area contributed by atoms with E-state index in [2.05, 4.69) is 39.5 Å². The number of ether oxygens (including phenoxy) is 1. The molecule has 1 aliphatic heterocycles. The minimum Gasteiger partial charge on any atom is -0.378 e. The maximum Gasteiger partial charge on any atom is 0.0746 e. The molecule has 0 bridgehead atoms. The molecule has 3 rings (SSSR count). The Bertz CT molecular complexity index is 565. The topological polar surface area (TPSA) is 37.4 Å². The highest BCUT2D eigenvalue weighted by Gasteiger charge is 2.22. The highest BCUT2D eigenvalue weighted by atomic mass is 16.5. The quantitative estimate of drug-likeness (QED) is 0.917. The average molecular weight is 271 g/mol. The normalized spacial score (nSPS) is 20.4. The predicted molar refractivity (Wildman–Crippen MR) is 80.7 cm³/mol. The molecule has 1 atom stereocenters. The van der Waals surface area contributed by atoms with Crippen LogP contribution in [0.2, 0.25) is 0 Å². The number of hydrogen-bond donors (Lipinski definition) is 1. The summed E-state index contributed by atoms with van der Waals surface area (Å²) in [5, 5.41) is 4.46. The Kier molecular flexibility index (Phi) is 4.25. The summed E-state index contributed by atoms with van der Waals surface area (Å²) in [4.78, 5) is 7.03. The minimum atomic E-state index is 0.438. The van der Waals surface area contributed by atoms with Gasteiger partial charge in [-0.25, -0.2) is 0 Å². The first-order valence-electron chi connectivity index (χ1n) is 7.17. The lowest BCUT2D eigenvalue weighted by Crippen LogP contribution is -2.49. The van der Waals surface area contributed by atoms with Crippen molar-refractivity contribution < 1.29 is 4.74 Å². The molecule has 1 saturated heterocycles. The number of para-hydroxylation sites is 1. The molecule has 0 spiro atoms. The molecule has 1 aliphatic rings. The summed E-state index contributed by atoms with van der Waals surface area (Å²) in [6, 6.07) is 11.0. The summed E-state index contributed by atoms with van der Waals surface area (Å²) < 4.78 is 5.59. The molecule has 0 saturated carbocycles. The Morgan fingerprint density at radius 2 is 2.25 bits per heavy atom. The van der Waals surface area contributed by atoms with Crippen molar-refractivity contribution in [2.45, 2.75) is 12.6 Å². The second-order valence-corrected chi connectivity index (χ2v) is 5.25.